The van der Waals surface area contributed by atoms with Crippen LogP contribution in [0.15, 0.2) is 35.3 Å². The quantitative estimate of drug-likeness (QED) is 0.423. The maximum absolute atomic E-state index is 12.3. The number of hydrogen-bond donors (Lipinski definition) is 2. The molecule has 1 aromatic carbocycles. The summed E-state index contributed by atoms with van der Waals surface area (Å²) < 4.78 is 17.9. The number of aliphatic imine (C=N–C) groups is 1. The zero-order chi connectivity index (χ0) is 20.9. The Bertz CT molecular complexity index is 616. The summed E-state index contributed by atoms with van der Waals surface area (Å²) in [6.07, 6.45) is 2.51. The van der Waals surface area contributed by atoms with Crippen LogP contribution in [-0.2, 0) is 21.3 Å². The summed E-state index contributed by atoms with van der Waals surface area (Å²) in [6, 6.07) is 10.4. The van der Waals surface area contributed by atoms with Gasteiger partial charge >= 0.3 is 0 Å². The highest BCUT2D eigenvalue weighted by molar-refractivity contribution is 7.84. The van der Waals surface area contributed by atoms with Gasteiger partial charge in [0.25, 0.3) is 0 Å². The SMILES string of the molecule is CCNC(=NCCS(=O)Cc1ccccc1)NC1CCN(CCOC(C)C)CC1. The van der Waals surface area contributed by atoms with E-state index in [1.54, 1.807) is 0 Å². The average Bonchev–Trinajstić information content (AvgIpc) is 2.70. The van der Waals surface area contributed by atoms with Crippen molar-refractivity contribution in [3.63, 3.8) is 0 Å². The molecule has 1 saturated heterocycles. The average molecular weight is 423 g/mol. The van der Waals surface area contributed by atoms with Crippen molar-refractivity contribution in [2.45, 2.75) is 51.5 Å². The summed E-state index contributed by atoms with van der Waals surface area (Å²) in [6.45, 7) is 11.6. The second kappa shape index (κ2) is 13.7. The molecule has 1 aliphatic heterocycles. The number of guanidine groups is 1. The van der Waals surface area contributed by atoms with Crippen molar-refractivity contribution in [3.8, 4) is 0 Å². The molecule has 29 heavy (non-hydrogen) atoms. The Labute approximate surface area is 179 Å². The zero-order valence-corrected chi connectivity index (χ0v) is 19.0. The summed E-state index contributed by atoms with van der Waals surface area (Å²) in [5.74, 6) is 2.02. The van der Waals surface area contributed by atoms with E-state index in [2.05, 4.69) is 41.3 Å². The fourth-order valence-corrected chi connectivity index (χ4v) is 4.33. The summed E-state index contributed by atoms with van der Waals surface area (Å²) in [4.78, 5) is 7.11. The van der Waals surface area contributed by atoms with E-state index in [0.29, 0.717) is 30.2 Å². The Kier molecular flexibility index (Phi) is 11.3. The molecular weight excluding hydrogens is 384 g/mol. The lowest BCUT2D eigenvalue weighted by Gasteiger charge is -2.33. The molecule has 0 aromatic heterocycles. The smallest absolute Gasteiger partial charge is 0.191 e. The molecule has 1 aliphatic rings. The topological polar surface area (TPSA) is 66.0 Å². The lowest BCUT2D eigenvalue weighted by Crippen LogP contribution is -2.49. The highest BCUT2D eigenvalue weighted by atomic mass is 32.2. The molecular formula is C22H38N4O2S. The van der Waals surface area contributed by atoms with E-state index in [4.69, 9.17) is 4.74 Å². The molecule has 2 rings (SSSR count). The van der Waals surface area contributed by atoms with E-state index in [1.807, 2.05) is 30.3 Å². The van der Waals surface area contributed by atoms with Crippen molar-refractivity contribution in [1.82, 2.24) is 15.5 Å². The molecule has 1 fully saturated rings. The number of ether oxygens (including phenoxy) is 1. The number of piperidine rings is 1. The lowest BCUT2D eigenvalue weighted by molar-refractivity contribution is 0.0532. The van der Waals surface area contributed by atoms with Crippen LogP contribution >= 0.6 is 0 Å². The van der Waals surface area contributed by atoms with Gasteiger partial charge in [-0.15, -0.1) is 0 Å². The Hall–Kier alpha value is -1.44. The molecule has 0 spiro atoms. The number of rotatable bonds is 11. The Morgan fingerprint density at radius 2 is 2.00 bits per heavy atom. The summed E-state index contributed by atoms with van der Waals surface area (Å²) in [5, 5.41) is 6.87. The first-order chi connectivity index (χ1) is 14.1. The van der Waals surface area contributed by atoms with Crippen molar-refractivity contribution in [3.05, 3.63) is 35.9 Å². The summed E-state index contributed by atoms with van der Waals surface area (Å²) in [7, 11) is -0.891. The van der Waals surface area contributed by atoms with Crippen LogP contribution in [-0.4, -0.2) is 72.3 Å². The molecule has 0 bridgehead atoms. The first-order valence-electron chi connectivity index (χ1n) is 10.8. The molecule has 0 amide bonds. The van der Waals surface area contributed by atoms with Crippen molar-refractivity contribution >= 4 is 16.8 Å². The lowest BCUT2D eigenvalue weighted by atomic mass is 10.1. The van der Waals surface area contributed by atoms with Crippen molar-refractivity contribution in [2.24, 2.45) is 4.99 Å². The molecule has 0 radical (unpaired) electrons. The maximum atomic E-state index is 12.3. The highest BCUT2D eigenvalue weighted by Gasteiger charge is 2.19. The Morgan fingerprint density at radius 3 is 2.66 bits per heavy atom. The van der Waals surface area contributed by atoms with E-state index >= 15 is 0 Å². The van der Waals surface area contributed by atoms with E-state index in [0.717, 1.165) is 57.2 Å². The molecule has 7 heteroatoms. The first kappa shape index (κ1) is 23.8. The van der Waals surface area contributed by atoms with Crippen LogP contribution in [0.1, 0.15) is 39.2 Å². The van der Waals surface area contributed by atoms with Gasteiger partial charge in [-0.25, -0.2) is 0 Å². The molecule has 0 aliphatic carbocycles. The van der Waals surface area contributed by atoms with Crippen LogP contribution in [0.3, 0.4) is 0 Å². The minimum atomic E-state index is -0.891. The van der Waals surface area contributed by atoms with Gasteiger partial charge in [-0.05, 0) is 39.2 Å². The normalized spacial score (nSPS) is 17.4. The number of hydrogen-bond acceptors (Lipinski definition) is 4. The number of nitrogens with one attached hydrogen (secondary N) is 2. The van der Waals surface area contributed by atoms with Gasteiger partial charge in [0.05, 0.1) is 19.3 Å². The molecule has 1 aromatic rings. The van der Waals surface area contributed by atoms with Crippen LogP contribution in [0.4, 0.5) is 0 Å². The van der Waals surface area contributed by atoms with E-state index in [-0.39, 0.29) is 0 Å². The van der Waals surface area contributed by atoms with Crippen molar-refractivity contribution < 1.29 is 8.95 Å². The first-order valence-corrected chi connectivity index (χ1v) is 12.3. The Morgan fingerprint density at radius 1 is 1.28 bits per heavy atom. The van der Waals surface area contributed by atoms with Gasteiger partial charge < -0.3 is 20.3 Å². The van der Waals surface area contributed by atoms with Gasteiger partial charge in [-0.3, -0.25) is 9.20 Å². The third-order valence-electron chi connectivity index (χ3n) is 4.89. The number of benzene rings is 1. The predicted molar refractivity (Wildman–Crippen MR) is 123 cm³/mol. The van der Waals surface area contributed by atoms with Gasteiger partial charge in [0.1, 0.15) is 0 Å². The van der Waals surface area contributed by atoms with E-state index in [9.17, 15) is 4.21 Å². The van der Waals surface area contributed by atoms with Gasteiger partial charge in [-0.1, -0.05) is 30.3 Å². The van der Waals surface area contributed by atoms with E-state index in [1.165, 1.54) is 0 Å². The van der Waals surface area contributed by atoms with Crippen LogP contribution < -0.4 is 10.6 Å². The monoisotopic (exact) mass is 422 g/mol. The molecule has 0 saturated carbocycles. The van der Waals surface area contributed by atoms with Crippen LogP contribution in [0.2, 0.25) is 0 Å². The number of nitrogens with zero attached hydrogens (tertiary/aromatic N) is 2. The summed E-state index contributed by atoms with van der Waals surface area (Å²) in [5.41, 5.74) is 1.12. The maximum Gasteiger partial charge on any atom is 0.191 e. The molecule has 164 valence electrons. The molecule has 1 heterocycles. The Balaban J connectivity index is 1.70. The molecule has 6 nitrogen and oxygen atoms in total. The third kappa shape index (κ3) is 10.2. The van der Waals surface area contributed by atoms with Gasteiger partial charge in [0.2, 0.25) is 0 Å². The molecule has 1 atom stereocenters. The highest BCUT2D eigenvalue weighted by Crippen LogP contribution is 2.10. The predicted octanol–water partition coefficient (Wildman–Crippen LogP) is 2.38. The fourth-order valence-electron chi connectivity index (χ4n) is 3.32. The van der Waals surface area contributed by atoms with Crippen molar-refractivity contribution in [1.29, 1.82) is 0 Å². The van der Waals surface area contributed by atoms with Crippen LogP contribution in [0.5, 0.6) is 0 Å². The largest absolute Gasteiger partial charge is 0.377 e. The molecule has 2 N–H and O–H groups in total. The van der Waals surface area contributed by atoms with E-state index < -0.39 is 10.8 Å². The third-order valence-corrected chi connectivity index (χ3v) is 6.18. The molecule has 1 unspecified atom stereocenters. The standard InChI is InChI=1S/C22H38N4O2S/c1-4-23-22(24-12-17-29(27)18-20-8-6-5-7-9-20)25-21-10-13-26(14-11-21)15-16-28-19(2)3/h5-9,19,21H,4,10-18H2,1-3H3,(H2,23,24,25). The summed E-state index contributed by atoms with van der Waals surface area (Å²) >= 11 is 0. The zero-order valence-electron chi connectivity index (χ0n) is 18.2. The van der Waals surface area contributed by atoms with Crippen molar-refractivity contribution in [2.75, 3.05) is 45.1 Å². The second-order valence-corrected chi connectivity index (χ2v) is 9.29. The van der Waals surface area contributed by atoms with Crippen LogP contribution in [0, 0.1) is 0 Å². The number of likely N-dealkylation sites (tertiary alicyclic amines) is 1. The minimum absolute atomic E-state index is 0.301. The van der Waals surface area contributed by atoms with Gasteiger partial charge in [0, 0.05) is 54.5 Å². The van der Waals surface area contributed by atoms with Crippen LogP contribution in [0.25, 0.3) is 0 Å². The second-order valence-electron chi connectivity index (χ2n) is 7.71. The fraction of sp³-hybridized carbons (Fsp3) is 0.682. The van der Waals surface area contributed by atoms with Gasteiger partial charge in [0.15, 0.2) is 5.96 Å². The van der Waals surface area contributed by atoms with Gasteiger partial charge in [-0.2, -0.15) is 0 Å². The minimum Gasteiger partial charge on any atom is -0.377 e.